The molecule has 6 heteroatoms. The predicted octanol–water partition coefficient (Wildman–Crippen LogP) is 4.54. The van der Waals surface area contributed by atoms with Crippen molar-refractivity contribution < 1.29 is 9.53 Å². The van der Waals surface area contributed by atoms with E-state index in [-0.39, 0.29) is 18.1 Å². The third kappa shape index (κ3) is 5.07. The fourth-order valence-electron chi connectivity index (χ4n) is 3.62. The van der Waals surface area contributed by atoms with Crippen molar-refractivity contribution in [2.24, 2.45) is 0 Å². The molecule has 1 amide bonds. The van der Waals surface area contributed by atoms with Gasteiger partial charge in [-0.05, 0) is 37.1 Å². The van der Waals surface area contributed by atoms with E-state index in [4.69, 9.17) is 4.74 Å². The van der Waals surface area contributed by atoms with Crippen LogP contribution in [0.4, 0.5) is 0 Å². The Morgan fingerprint density at radius 3 is 2.17 bits per heavy atom. The number of carbonyl (C=O) groups is 1. The number of aromatic nitrogens is 2. The van der Waals surface area contributed by atoms with Crippen molar-refractivity contribution in [1.82, 2.24) is 15.1 Å². The van der Waals surface area contributed by atoms with Crippen LogP contribution in [0.3, 0.4) is 0 Å². The first-order valence-electron chi connectivity index (χ1n) is 10.1. The van der Waals surface area contributed by atoms with Crippen molar-refractivity contribution in [3.05, 3.63) is 66.7 Å². The van der Waals surface area contributed by atoms with Crippen LogP contribution in [-0.4, -0.2) is 52.1 Å². The van der Waals surface area contributed by atoms with Gasteiger partial charge in [0.2, 0.25) is 5.91 Å². The molecule has 0 unspecified atom stereocenters. The lowest BCUT2D eigenvalue weighted by molar-refractivity contribution is -0.140. The molecule has 0 bridgehead atoms. The van der Waals surface area contributed by atoms with Gasteiger partial charge in [-0.1, -0.05) is 66.4 Å². The molecule has 0 saturated carbocycles. The van der Waals surface area contributed by atoms with E-state index in [1.165, 1.54) is 22.9 Å². The fourth-order valence-corrected chi connectivity index (χ4v) is 4.34. The van der Waals surface area contributed by atoms with Gasteiger partial charge < -0.3 is 9.64 Å². The van der Waals surface area contributed by atoms with Crippen molar-refractivity contribution in [2.45, 2.75) is 31.1 Å². The minimum atomic E-state index is 0.0788. The monoisotopic (exact) mass is 419 g/mol. The summed E-state index contributed by atoms with van der Waals surface area (Å²) in [6, 6.07) is 22.5. The third-order valence-electron chi connectivity index (χ3n) is 5.04. The molecule has 4 rings (SSSR count). The summed E-state index contributed by atoms with van der Waals surface area (Å²) in [5.74, 6) is 0.476. The first-order valence-corrected chi connectivity index (χ1v) is 11.1. The maximum Gasteiger partial charge on any atom is 0.233 e. The minimum absolute atomic E-state index is 0.0788. The standard InChI is InChI=1S/C24H25N3O2S/c1-17-14-27(15-18(2)29-17)24(28)16-30-23-13-12-22(25-26-23)21-10-8-20(9-11-21)19-6-4-3-5-7-19/h3-13,17-18H,14-16H2,1-2H3/t17-,18-/m0/s1. The molecule has 1 aliphatic rings. The van der Waals surface area contributed by atoms with Gasteiger partial charge in [0, 0.05) is 18.7 Å². The Morgan fingerprint density at radius 2 is 1.53 bits per heavy atom. The van der Waals surface area contributed by atoms with Crippen LogP contribution in [0.2, 0.25) is 0 Å². The van der Waals surface area contributed by atoms with Gasteiger partial charge in [-0.25, -0.2) is 0 Å². The summed E-state index contributed by atoms with van der Waals surface area (Å²) in [7, 11) is 0. The van der Waals surface area contributed by atoms with E-state index in [9.17, 15) is 4.79 Å². The zero-order chi connectivity index (χ0) is 20.9. The molecule has 5 nitrogen and oxygen atoms in total. The molecule has 1 fully saturated rings. The number of amides is 1. The number of thioether (sulfide) groups is 1. The van der Waals surface area contributed by atoms with Crippen molar-refractivity contribution in [3.63, 3.8) is 0 Å². The first-order chi connectivity index (χ1) is 14.6. The highest BCUT2D eigenvalue weighted by Crippen LogP contribution is 2.24. The summed E-state index contributed by atoms with van der Waals surface area (Å²) in [5, 5.41) is 9.40. The molecular weight excluding hydrogens is 394 g/mol. The number of benzene rings is 2. The Morgan fingerprint density at radius 1 is 0.900 bits per heavy atom. The highest BCUT2D eigenvalue weighted by molar-refractivity contribution is 7.99. The molecule has 1 aromatic heterocycles. The van der Waals surface area contributed by atoms with E-state index in [2.05, 4.69) is 46.6 Å². The van der Waals surface area contributed by atoms with Crippen LogP contribution < -0.4 is 0 Å². The smallest absolute Gasteiger partial charge is 0.233 e. The molecule has 2 atom stereocenters. The number of carbonyl (C=O) groups excluding carboxylic acids is 1. The predicted molar refractivity (Wildman–Crippen MR) is 120 cm³/mol. The van der Waals surface area contributed by atoms with Gasteiger partial charge in [0.1, 0.15) is 5.03 Å². The van der Waals surface area contributed by atoms with Crippen molar-refractivity contribution >= 4 is 17.7 Å². The molecule has 154 valence electrons. The van der Waals surface area contributed by atoms with Crippen LogP contribution >= 0.6 is 11.8 Å². The molecule has 2 aromatic carbocycles. The lowest BCUT2D eigenvalue weighted by Gasteiger charge is -2.35. The summed E-state index contributed by atoms with van der Waals surface area (Å²) in [6.07, 6.45) is 0.158. The van der Waals surface area contributed by atoms with E-state index in [1.54, 1.807) is 0 Å². The first kappa shape index (κ1) is 20.6. The lowest BCUT2D eigenvalue weighted by Crippen LogP contribution is -2.48. The van der Waals surface area contributed by atoms with Crippen LogP contribution in [0.1, 0.15) is 13.8 Å². The van der Waals surface area contributed by atoms with Crippen LogP contribution in [0.25, 0.3) is 22.4 Å². The molecule has 0 spiro atoms. The summed E-state index contributed by atoms with van der Waals surface area (Å²) >= 11 is 1.42. The third-order valence-corrected chi connectivity index (χ3v) is 5.95. The molecule has 3 aromatic rings. The number of morpholine rings is 1. The Bertz CT molecular complexity index is 968. The Hall–Kier alpha value is -2.70. The fraction of sp³-hybridized carbons (Fsp3) is 0.292. The van der Waals surface area contributed by atoms with Gasteiger partial charge in [0.05, 0.1) is 23.7 Å². The molecule has 0 radical (unpaired) electrons. The molecular formula is C24H25N3O2S. The minimum Gasteiger partial charge on any atom is -0.372 e. The van der Waals surface area contributed by atoms with Crippen molar-refractivity contribution in [1.29, 1.82) is 0 Å². The van der Waals surface area contributed by atoms with E-state index in [0.29, 0.717) is 18.8 Å². The Balaban J connectivity index is 1.35. The molecule has 2 heterocycles. The molecule has 1 saturated heterocycles. The normalized spacial score (nSPS) is 18.9. The van der Waals surface area contributed by atoms with Gasteiger partial charge in [-0.15, -0.1) is 10.2 Å². The van der Waals surface area contributed by atoms with Crippen LogP contribution in [-0.2, 0) is 9.53 Å². The van der Waals surface area contributed by atoms with Crippen LogP contribution in [0.5, 0.6) is 0 Å². The van der Waals surface area contributed by atoms with E-state index < -0.39 is 0 Å². The number of rotatable bonds is 5. The number of hydrogen-bond donors (Lipinski definition) is 0. The summed E-state index contributed by atoms with van der Waals surface area (Å²) in [6.45, 7) is 5.29. The summed E-state index contributed by atoms with van der Waals surface area (Å²) in [5.41, 5.74) is 4.20. The molecule has 0 aliphatic carbocycles. The SMILES string of the molecule is C[C@H]1CN(C(=O)CSc2ccc(-c3ccc(-c4ccccc4)cc3)nn2)C[C@H](C)O1. The highest BCUT2D eigenvalue weighted by Gasteiger charge is 2.25. The molecule has 1 aliphatic heterocycles. The van der Waals surface area contributed by atoms with Crippen LogP contribution in [0, 0.1) is 0 Å². The lowest BCUT2D eigenvalue weighted by atomic mass is 10.0. The van der Waals surface area contributed by atoms with E-state index in [0.717, 1.165) is 16.3 Å². The number of ether oxygens (including phenoxy) is 1. The second-order valence-corrected chi connectivity index (χ2v) is 8.54. The second-order valence-electron chi connectivity index (χ2n) is 7.54. The summed E-state index contributed by atoms with van der Waals surface area (Å²) in [4.78, 5) is 14.4. The largest absolute Gasteiger partial charge is 0.372 e. The second kappa shape index (κ2) is 9.41. The Kier molecular flexibility index (Phi) is 6.45. The highest BCUT2D eigenvalue weighted by atomic mass is 32.2. The van der Waals surface area contributed by atoms with E-state index >= 15 is 0 Å². The molecule has 30 heavy (non-hydrogen) atoms. The maximum absolute atomic E-state index is 12.5. The van der Waals surface area contributed by atoms with Crippen LogP contribution in [0.15, 0.2) is 71.8 Å². The van der Waals surface area contributed by atoms with Crippen molar-refractivity contribution in [2.75, 3.05) is 18.8 Å². The van der Waals surface area contributed by atoms with Gasteiger partial charge >= 0.3 is 0 Å². The van der Waals surface area contributed by atoms with Gasteiger partial charge in [0.25, 0.3) is 0 Å². The molecule has 0 N–H and O–H groups in total. The Labute approximate surface area is 181 Å². The number of nitrogens with zero attached hydrogens (tertiary/aromatic N) is 3. The van der Waals surface area contributed by atoms with Gasteiger partial charge in [-0.3, -0.25) is 4.79 Å². The maximum atomic E-state index is 12.5. The average Bonchev–Trinajstić information content (AvgIpc) is 2.78. The average molecular weight is 420 g/mol. The zero-order valence-electron chi connectivity index (χ0n) is 17.2. The van der Waals surface area contributed by atoms with Gasteiger partial charge in [0.15, 0.2) is 0 Å². The summed E-state index contributed by atoms with van der Waals surface area (Å²) < 4.78 is 5.69. The van der Waals surface area contributed by atoms with Gasteiger partial charge in [-0.2, -0.15) is 0 Å². The number of hydrogen-bond acceptors (Lipinski definition) is 5. The zero-order valence-corrected chi connectivity index (χ0v) is 18.0. The van der Waals surface area contributed by atoms with E-state index in [1.807, 2.05) is 49.1 Å². The quantitative estimate of drug-likeness (QED) is 0.569. The van der Waals surface area contributed by atoms with Crippen molar-refractivity contribution in [3.8, 4) is 22.4 Å². The topological polar surface area (TPSA) is 55.3 Å².